The van der Waals surface area contributed by atoms with Crippen molar-refractivity contribution in [2.24, 2.45) is 5.41 Å². The van der Waals surface area contributed by atoms with Crippen LogP contribution in [0.2, 0.25) is 0 Å². The minimum Gasteiger partial charge on any atom is -0.461 e. The van der Waals surface area contributed by atoms with Crippen molar-refractivity contribution in [2.45, 2.75) is 52.9 Å². The van der Waals surface area contributed by atoms with Crippen molar-refractivity contribution < 1.29 is 26.7 Å². The molecule has 0 aliphatic carbocycles. The third kappa shape index (κ3) is 4.89. The van der Waals surface area contributed by atoms with Gasteiger partial charge in [-0.1, -0.05) is 13.0 Å². The molecule has 0 bridgehead atoms. The monoisotopic (exact) mass is 506 g/mol. The van der Waals surface area contributed by atoms with E-state index >= 15 is 4.39 Å². The Morgan fingerprint density at radius 2 is 1.91 bits per heavy atom. The quantitative estimate of drug-likeness (QED) is 0.437. The van der Waals surface area contributed by atoms with E-state index in [2.05, 4.69) is 0 Å². The number of benzene rings is 2. The van der Waals surface area contributed by atoms with Gasteiger partial charge in [0.25, 0.3) is 0 Å². The topological polar surface area (TPSA) is 87.4 Å². The maximum absolute atomic E-state index is 15.5. The number of carbonyl (C=O) groups is 1. The van der Waals surface area contributed by atoms with Crippen molar-refractivity contribution >= 4 is 26.7 Å². The Kier molecular flexibility index (Phi) is 6.37. The van der Waals surface area contributed by atoms with Crippen LogP contribution in [0, 0.1) is 11.2 Å². The minimum absolute atomic E-state index is 0.0136. The van der Waals surface area contributed by atoms with Crippen molar-refractivity contribution in [2.75, 3.05) is 11.5 Å². The van der Waals surface area contributed by atoms with Gasteiger partial charge in [-0.25, -0.2) is 22.0 Å². The fourth-order valence-corrected chi connectivity index (χ4v) is 7.04. The third-order valence-corrected chi connectivity index (χ3v) is 8.27. The van der Waals surface area contributed by atoms with Crippen molar-refractivity contribution in [3.8, 4) is 11.4 Å². The minimum atomic E-state index is -3.20. The second-order valence-electron chi connectivity index (χ2n) is 9.82. The number of hydrogen-bond donors (Lipinski definition) is 0. The van der Waals surface area contributed by atoms with Crippen LogP contribution in [-0.4, -0.2) is 41.2 Å². The van der Waals surface area contributed by atoms with Gasteiger partial charge in [-0.15, -0.1) is 0 Å². The number of rotatable bonds is 7. The zero-order valence-electron chi connectivity index (χ0n) is 20.0. The SMILES string of the molecule is CC(F)Oc1cccc(-n2c(=O)n(C(C)C)c3cc(C(=O)C[C@]4(C)CCS(=O)(=O)C4)cc(F)c32)c1. The summed E-state index contributed by atoms with van der Waals surface area (Å²) in [6.45, 7) is 6.51. The number of alkyl halides is 1. The number of nitrogens with zero attached hydrogens (tertiary/aromatic N) is 2. The van der Waals surface area contributed by atoms with Gasteiger partial charge in [-0.2, -0.15) is 0 Å². The molecule has 0 N–H and O–H groups in total. The van der Waals surface area contributed by atoms with Gasteiger partial charge in [-0.3, -0.25) is 13.9 Å². The second kappa shape index (κ2) is 8.89. The lowest BCUT2D eigenvalue weighted by molar-refractivity contribution is 0.0860. The Morgan fingerprint density at radius 1 is 1.20 bits per heavy atom. The van der Waals surface area contributed by atoms with Gasteiger partial charge in [0.1, 0.15) is 17.1 Å². The van der Waals surface area contributed by atoms with Crippen LogP contribution in [0.4, 0.5) is 8.78 Å². The second-order valence-corrected chi connectivity index (χ2v) is 12.0. The molecular weight excluding hydrogens is 478 g/mol. The number of carbonyl (C=O) groups excluding carboxylic acids is 1. The van der Waals surface area contributed by atoms with E-state index in [-0.39, 0.29) is 52.1 Å². The number of aromatic nitrogens is 2. The average molecular weight is 507 g/mol. The molecule has 0 spiro atoms. The van der Waals surface area contributed by atoms with E-state index in [0.717, 1.165) is 6.07 Å². The van der Waals surface area contributed by atoms with Gasteiger partial charge in [0.2, 0.25) is 6.36 Å². The summed E-state index contributed by atoms with van der Waals surface area (Å²) >= 11 is 0. The Balaban J connectivity index is 1.83. The molecule has 1 aliphatic rings. The van der Waals surface area contributed by atoms with Gasteiger partial charge in [0.05, 0.1) is 22.7 Å². The molecule has 2 aromatic carbocycles. The number of ketones is 1. The first-order chi connectivity index (χ1) is 16.3. The van der Waals surface area contributed by atoms with Crippen LogP contribution in [-0.2, 0) is 9.84 Å². The molecule has 1 aliphatic heterocycles. The first-order valence-electron chi connectivity index (χ1n) is 11.4. The molecule has 3 aromatic rings. The van der Waals surface area contributed by atoms with E-state index in [4.69, 9.17) is 4.74 Å². The molecule has 2 heterocycles. The van der Waals surface area contributed by atoms with Crippen molar-refractivity contribution in [1.29, 1.82) is 0 Å². The van der Waals surface area contributed by atoms with Gasteiger partial charge in [-0.05, 0) is 49.9 Å². The molecule has 1 fully saturated rings. The highest BCUT2D eigenvalue weighted by molar-refractivity contribution is 7.91. The van der Waals surface area contributed by atoms with E-state index in [0.29, 0.717) is 12.1 Å². The number of imidazole rings is 1. The van der Waals surface area contributed by atoms with Gasteiger partial charge in [0, 0.05) is 31.0 Å². The number of halogens is 2. The van der Waals surface area contributed by atoms with Crippen LogP contribution in [0.3, 0.4) is 0 Å². The van der Waals surface area contributed by atoms with Crippen LogP contribution < -0.4 is 10.4 Å². The van der Waals surface area contributed by atoms with E-state index in [9.17, 15) is 22.4 Å². The maximum Gasteiger partial charge on any atom is 0.334 e. The molecule has 1 unspecified atom stereocenters. The summed E-state index contributed by atoms with van der Waals surface area (Å²) in [5.41, 5.74) is -0.630. The fourth-order valence-electron chi connectivity index (χ4n) is 4.79. The normalized spacial score (nSPS) is 20.4. The fraction of sp³-hybridized carbons (Fsp3) is 0.440. The van der Waals surface area contributed by atoms with Crippen LogP contribution in [0.5, 0.6) is 5.75 Å². The van der Waals surface area contributed by atoms with Crippen molar-refractivity contribution in [3.05, 3.63) is 58.3 Å². The summed E-state index contributed by atoms with van der Waals surface area (Å²) in [5, 5.41) is 0. The smallest absolute Gasteiger partial charge is 0.334 e. The summed E-state index contributed by atoms with van der Waals surface area (Å²) in [5.74, 6) is -1.02. The molecule has 10 heteroatoms. The van der Waals surface area contributed by atoms with Gasteiger partial charge in [0.15, 0.2) is 15.6 Å². The van der Waals surface area contributed by atoms with Crippen molar-refractivity contribution in [3.63, 3.8) is 0 Å². The summed E-state index contributed by atoms with van der Waals surface area (Å²) in [6.07, 6.45) is -1.24. The van der Waals surface area contributed by atoms with Crippen LogP contribution in [0.15, 0.2) is 41.2 Å². The first-order valence-corrected chi connectivity index (χ1v) is 13.2. The third-order valence-electron chi connectivity index (χ3n) is 6.31. The van der Waals surface area contributed by atoms with E-state index in [1.165, 1.54) is 34.3 Å². The van der Waals surface area contributed by atoms with Crippen LogP contribution in [0.25, 0.3) is 16.7 Å². The van der Waals surface area contributed by atoms with Crippen LogP contribution >= 0.6 is 0 Å². The summed E-state index contributed by atoms with van der Waals surface area (Å²) < 4.78 is 60.4. The molecule has 188 valence electrons. The highest BCUT2D eigenvalue weighted by Crippen LogP contribution is 2.37. The first kappa shape index (κ1) is 25.1. The lowest BCUT2D eigenvalue weighted by Crippen LogP contribution is -2.24. The molecule has 1 aromatic heterocycles. The standard InChI is InChI=1S/C25H28F2N2O5S/c1-15(2)28-21-11-17(22(30)13-25(4)8-9-35(32,33)14-25)10-20(27)23(21)29(24(28)31)18-6-5-7-19(12-18)34-16(3)26/h5-7,10-12,15-16H,8-9,13-14H2,1-4H3/t16?,25-/m0/s1. The van der Waals surface area contributed by atoms with E-state index < -0.39 is 33.1 Å². The molecule has 1 saturated heterocycles. The molecule has 0 radical (unpaired) electrons. The molecule has 0 amide bonds. The highest BCUT2D eigenvalue weighted by Gasteiger charge is 2.40. The zero-order valence-corrected chi connectivity index (χ0v) is 20.9. The lowest BCUT2D eigenvalue weighted by atomic mass is 9.83. The number of ether oxygens (including phenoxy) is 1. The number of Topliss-reactive ketones (excluding diaryl/α,β-unsaturated/α-hetero) is 1. The Hall–Kier alpha value is -3.01. The molecule has 0 saturated carbocycles. The lowest BCUT2D eigenvalue weighted by Gasteiger charge is -2.20. The van der Waals surface area contributed by atoms with Gasteiger partial charge < -0.3 is 4.74 Å². The Labute approximate surface area is 202 Å². The highest BCUT2D eigenvalue weighted by atomic mass is 32.2. The maximum atomic E-state index is 15.5. The average Bonchev–Trinajstić information content (AvgIpc) is 3.19. The summed E-state index contributed by atoms with van der Waals surface area (Å²) in [6, 6.07) is 8.35. The van der Waals surface area contributed by atoms with E-state index in [1.807, 2.05) is 0 Å². The number of sulfone groups is 1. The predicted molar refractivity (Wildman–Crippen MR) is 129 cm³/mol. The number of hydrogen-bond acceptors (Lipinski definition) is 5. The zero-order chi connectivity index (χ0) is 25.7. The summed E-state index contributed by atoms with van der Waals surface area (Å²) in [7, 11) is -3.20. The molecule has 4 rings (SSSR count). The van der Waals surface area contributed by atoms with Crippen LogP contribution in [0.1, 0.15) is 56.9 Å². The molecule has 35 heavy (non-hydrogen) atoms. The summed E-state index contributed by atoms with van der Waals surface area (Å²) in [4.78, 5) is 26.5. The molecule has 2 atom stereocenters. The molecular formula is C25H28F2N2O5S. The number of fused-ring (bicyclic) bond motifs is 1. The predicted octanol–water partition coefficient (Wildman–Crippen LogP) is 4.60. The Bertz CT molecular complexity index is 1470. The Morgan fingerprint density at radius 3 is 2.51 bits per heavy atom. The van der Waals surface area contributed by atoms with Gasteiger partial charge >= 0.3 is 5.69 Å². The van der Waals surface area contributed by atoms with E-state index in [1.54, 1.807) is 32.9 Å². The largest absolute Gasteiger partial charge is 0.461 e. The molecule has 7 nitrogen and oxygen atoms in total. The van der Waals surface area contributed by atoms with Crippen molar-refractivity contribution in [1.82, 2.24) is 9.13 Å².